The normalized spacial score (nSPS) is 12.6. The molecule has 3 aromatic rings. The molecule has 1 atom stereocenters. The van der Waals surface area contributed by atoms with Gasteiger partial charge in [-0.05, 0) is 25.8 Å². The summed E-state index contributed by atoms with van der Waals surface area (Å²) in [5.74, 6) is 0.284. The van der Waals surface area contributed by atoms with Crippen molar-refractivity contribution in [2.75, 3.05) is 0 Å². The van der Waals surface area contributed by atoms with E-state index in [1.807, 2.05) is 57.3 Å². The third-order valence-electron chi connectivity index (χ3n) is 4.64. The van der Waals surface area contributed by atoms with Gasteiger partial charge in [0.2, 0.25) is 0 Å². The molecule has 1 unspecified atom stereocenters. The van der Waals surface area contributed by atoms with Crippen LogP contribution >= 0.6 is 0 Å². The van der Waals surface area contributed by atoms with Crippen molar-refractivity contribution in [3.63, 3.8) is 0 Å². The van der Waals surface area contributed by atoms with Crippen LogP contribution in [0.4, 0.5) is 0 Å². The van der Waals surface area contributed by atoms with Crippen LogP contribution in [-0.4, -0.2) is 26.7 Å². The first kappa shape index (κ1) is 17.1. The molecular weight excluding hydrogens is 312 g/mol. The van der Waals surface area contributed by atoms with Gasteiger partial charge in [0, 0.05) is 18.7 Å². The molecule has 25 heavy (non-hydrogen) atoms. The number of nitrogens with zero attached hydrogens (tertiary/aromatic N) is 3. The molecule has 5 heteroatoms. The maximum atomic E-state index is 12.9. The van der Waals surface area contributed by atoms with Gasteiger partial charge in [-0.1, -0.05) is 44.2 Å². The Balaban J connectivity index is 2.17. The Hall–Kier alpha value is -2.69. The van der Waals surface area contributed by atoms with Crippen LogP contribution in [0, 0.1) is 12.8 Å². The summed E-state index contributed by atoms with van der Waals surface area (Å²) < 4.78 is 1.74. The molecule has 0 spiro atoms. The average Bonchev–Trinajstić information content (AvgIpc) is 2.89. The minimum absolute atomic E-state index is 0.0816. The number of amides is 1. The van der Waals surface area contributed by atoms with Crippen molar-refractivity contribution in [1.29, 1.82) is 0 Å². The van der Waals surface area contributed by atoms with E-state index in [9.17, 15) is 4.79 Å². The van der Waals surface area contributed by atoms with E-state index in [1.54, 1.807) is 4.68 Å². The molecule has 0 aliphatic rings. The lowest BCUT2D eigenvalue weighted by Crippen LogP contribution is -2.36. The molecule has 2 heterocycles. The van der Waals surface area contributed by atoms with Gasteiger partial charge in [-0.25, -0.2) is 4.98 Å². The quantitative estimate of drug-likeness (QED) is 0.790. The van der Waals surface area contributed by atoms with Crippen LogP contribution in [0.15, 0.2) is 36.4 Å². The first-order chi connectivity index (χ1) is 11.9. The maximum Gasteiger partial charge on any atom is 0.252 e. The van der Waals surface area contributed by atoms with Gasteiger partial charge < -0.3 is 5.32 Å². The Kier molecular flexibility index (Phi) is 4.57. The number of hydrogen-bond donors (Lipinski definition) is 1. The zero-order valence-corrected chi connectivity index (χ0v) is 15.4. The summed E-state index contributed by atoms with van der Waals surface area (Å²) in [5.41, 5.74) is 3.92. The summed E-state index contributed by atoms with van der Waals surface area (Å²) >= 11 is 0. The molecule has 0 bridgehead atoms. The molecule has 1 aromatic carbocycles. The van der Waals surface area contributed by atoms with E-state index in [2.05, 4.69) is 24.3 Å². The first-order valence-corrected chi connectivity index (χ1v) is 8.59. The summed E-state index contributed by atoms with van der Waals surface area (Å²) in [5, 5.41) is 8.37. The topological polar surface area (TPSA) is 59.8 Å². The fourth-order valence-electron chi connectivity index (χ4n) is 2.83. The standard InChI is InChI=1S/C20H24N4O/c1-12(2)13(3)21-20(25)16-11-17(15-9-7-6-8-10-15)22-19-18(16)14(4)23-24(19)5/h6-13H,1-5H3,(H,21,25). The second-order valence-corrected chi connectivity index (χ2v) is 6.83. The zero-order chi connectivity index (χ0) is 18.1. The van der Waals surface area contributed by atoms with Crippen LogP contribution in [0.25, 0.3) is 22.3 Å². The highest BCUT2D eigenvalue weighted by molar-refractivity contribution is 6.07. The van der Waals surface area contributed by atoms with E-state index in [1.165, 1.54) is 0 Å². The number of carbonyl (C=O) groups excluding carboxylic acids is 1. The molecule has 130 valence electrons. The van der Waals surface area contributed by atoms with Crippen LogP contribution in [0.3, 0.4) is 0 Å². The molecule has 1 amide bonds. The SMILES string of the molecule is Cc1nn(C)c2nc(-c3ccccc3)cc(C(=O)NC(C)C(C)C)c12. The Morgan fingerprint density at radius 3 is 2.48 bits per heavy atom. The summed E-state index contributed by atoms with van der Waals surface area (Å²) in [7, 11) is 1.86. The number of fused-ring (bicyclic) bond motifs is 1. The van der Waals surface area contributed by atoms with Crippen molar-refractivity contribution in [2.45, 2.75) is 33.7 Å². The number of aromatic nitrogens is 3. The van der Waals surface area contributed by atoms with Crippen LogP contribution in [0.2, 0.25) is 0 Å². The van der Waals surface area contributed by atoms with Crippen LogP contribution in [-0.2, 0) is 7.05 Å². The number of pyridine rings is 1. The fourth-order valence-corrected chi connectivity index (χ4v) is 2.83. The second-order valence-electron chi connectivity index (χ2n) is 6.83. The number of hydrogen-bond acceptors (Lipinski definition) is 3. The average molecular weight is 336 g/mol. The molecule has 0 radical (unpaired) electrons. The Labute approximate surface area is 148 Å². The Morgan fingerprint density at radius 2 is 1.84 bits per heavy atom. The van der Waals surface area contributed by atoms with Crippen LogP contribution in [0.1, 0.15) is 36.8 Å². The molecule has 5 nitrogen and oxygen atoms in total. The number of carbonyl (C=O) groups is 1. The van der Waals surface area contributed by atoms with Crippen LogP contribution < -0.4 is 5.32 Å². The minimum atomic E-state index is -0.0816. The Morgan fingerprint density at radius 1 is 1.16 bits per heavy atom. The van der Waals surface area contributed by atoms with Crippen molar-refractivity contribution in [1.82, 2.24) is 20.1 Å². The summed E-state index contributed by atoms with van der Waals surface area (Å²) in [6.07, 6.45) is 0. The molecular formula is C20H24N4O. The number of nitrogens with one attached hydrogen (secondary N) is 1. The van der Waals surface area contributed by atoms with E-state index in [-0.39, 0.29) is 11.9 Å². The molecule has 0 saturated heterocycles. The van der Waals surface area contributed by atoms with Crippen molar-refractivity contribution in [2.24, 2.45) is 13.0 Å². The third kappa shape index (κ3) is 3.27. The maximum absolute atomic E-state index is 12.9. The van der Waals surface area contributed by atoms with Gasteiger partial charge in [-0.2, -0.15) is 5.10 Å². The first-order valence-electron chi connectivity index (χ1n) is 8.59. The smallest absolute Gasteiger partial charge is 0.252 e. The van der Waals surface area contributed by atoms with E-state index in [4.69, 9.17) is 4.98 Å². The third-order valence-corrected chi connectivity index (χ3v) is 4.64. The van der Waals surface area contributed by atoms with Crippen molar-refractivity contribution in [3.8, 4) is 11.3 Å². The molecule has 0 aliphatic heterocycles. The molecule has 0 saturated carbocycles. The predicted molar refractivity (Wildman–Crippen MR) is 100 cm³/mol. The van der Waals surface area contributed by atoms with Gasteiger partial charge in [0.15, 0.2) is 5.65 Å². The summed E-state index contributed by atoms with van der Waals surface area (Å²) in [6, 6.07) is 11.9. The summed E-state index contributed by atoms with van der Waals surface area (Å²) in [4.78, 5) is 17.7. The van der Waals surface area contributed by atoms with E-state index >= 15 is 0 Å². The van der Waals surface area contributed by atoms with E-state index in [0.29, 0.717) is 11.5 Å². The molecule has 0 aliphatic carbocycles. The molecule has 2 aromatic heterocycles. The molecule has 3 rings (SSSR count). The van der Waals surface area contributed by atoms with Gasteiger partial charge in [-0.15, -0.1) is 0 Å². The van der Waals surface area contributed by atoms with Gasteiger partial charge in [-0.3, -0.25) is 9.48 Å². The highest BCUT2D eigenvalue weighted by atomic mass is 16.1. The highest BCUT2D eigenvalue weighted by Crippen LogP contribution is 2.27. The fraction of sp³-hybridized carbons (Fsp3) is 0.350. The van der Waals surface area contributed by atoms with Crippen LogP contribution in [0.5, 0.6) is 0 Å². The predicted octanol–water partition coefficient (Wildman–Crippen LogP) is 3.72. The lowest BCUT2D eigenvalue weighted by atomic mass is 10.0. The number of aryl methyl sites for hydroxylation is 2. The monoisotopic (exact) mass is 336 g/mol. The second kappa shape index (κ2) is 6.67. The minimum Gasteiger partial charge on any atom is -0.349 e. The lowest BCUT2D eigenvalue weighted by molar-refractivity contribution is 0.0932. The number of rotatable bonds is 4. The summed E-state index contributed by atoms with van der Waals surface area (Å²) in [6.45, 7) is 8.12. The lowest BCUT2D eigenvalue weighted by Gasteiger charge is -2.18. The van der Waals surface area contributed by atoms with Gasteiger partial charge in [0.25, 0.3) is 5.91 Å². The van der Waals surface area contributed by atoms with Gasteiger partial charge >= 0.3 is 0 Å². The largest absolute Gasteiger partial charge is 0.349 e. The van der Waals surface area contributed by atoms with Crippen molar-refractivity contribution < 1.29 is 4.79 Å². The van der Waals surface area contributed by atoms with Crippen molar-refractivity contribution in [3.05, 3.63) is 47.7 Å². The van der Waals surface area contributed by atoms with E-state index in [0.717, 1.165) is 28.0 Å². The zero-order valence-electron chi connectivity index (χ0n) is 15.4. The molecule has 0 fully saturated rings. The van der Waals surface area contributed by atoms with Gasteiger partial charge in [0.05, 0.1) is 22.3 Å². The van der Waals surface area contributed by atoms with E-state index < -0.39 is 0 Å². The Bertz CT molecular complexity index is 912. The molecule has 1 N–H and O–H groups in total. The van der Waals surface area contributed by atoms with Crippen molar-refractivity contribution >= 4 is 16.9 Å². The number of benzene rings is 1. The van der Waals surface area contributed by atoms with Gasteiger partial charge in [0.1, 0.15) is 0 Å². The highest BCUT2D eigenvalue weighted by Gasteiger charge is 2.21.